The first-order valence-electron chi connectivity index (χ1n) is 13.5. The number of nitrogens with one attached hydrogen (secondary N) is 1. The number of nitro benzene ring substituents is 1. The van der Waals surface area contributed by atoms with Gasteiger partial charge in [-0.15, -0.1) is 0 Å². The van der Waals surface area contributed by atoms with Gasteiger partial charge in [-0.05, 0) is 53.6 Å². The highest BCUT2D eigenvalue weighted by atomic mass is 35.5. The summed E-state index contributed by atoms with van der Waals surface area (Å²) < 4.78 is 0. The summed E-state index contributed by atoms with van der Waals surface area (Å²) in [5.41, 5.74) is 1.28. The lowest BCUT2D eigenvalue weighted by Crippen LogP contribution is -2.51. The Bertz CT molecular complexity index is 1910. The molecule has 4 unspecified atom stereocenters. The van der Waals surface area contributed by atoms with Crippen molar-refractivity contribution in [3.05, 3.63) is 139 Å². The van der Waals surface area contributed by atoms with Gasteiger partial charge >= 0.3 is 0 Å². The van der Waals surface area contributed by atoms with Crippen molar-refractivity contribution >= 4 is 63.8 Å². The number of carbonyl (C=O) groups excluding carboxylic acids is 3. The number of halogens is 2. The molecule has 1 saturated heterocycles. The third-order valence-electron chi connectivity index (χ3n) is 8.65. The van der Waals surface area contributed by atoms with Crippen LogP contribution < -0.4 is 10.2 Å². The maximum atomic E-state index is 14.8. The zero-order valence-corrected chi connectivity index (χ0v) is 23.8. The topological polar surface area (TPSA) is 110 Å². The van der Waals surface area contributed by atoms with Gasteiger partial charge in [0.2, 0.25) is 5.91 Å². The second kappa shape index (κ2) is 9.90. The van der Waals surface area contributed by atoms with Gasteiger partial charge in [-0.25, -0.2) is 0 Å². The van der Waals surface area contributed by atoms with Crippen LogP contribution in [0.15, 0.2) is 97.1 Å². The Kier molecular flexibility index (Phi) is 6.23. The summed E-state index contributed by atoms with van der Waals surface area (Å²) in [6.07, 6.45) is 3.78. The molecular formula is C33H21Cl2N3O5. The van der Waals surface area contributed by atoms with E-state index in [4.69, 9.17) is 23.2 Å². The van der Waals surface area contributed by atoms with Gasteiger partial charge in [-0.2, -0.15) is 0 Å². The molecule has 0 radical (unpaired) electrons. The number of Topliss-reactive ketones (excluding diaryl/α,β-unsaturated/α-hetero) is 2. The lowest BCUT2D eigenvalue weighted by atomic mass is 9.64. The Morgan fingerprint density at radius 1 is 0.907 bits per heavy atom. The molecular weight excluding hydrogens is 589 g/mol. The molecule has 0 bridgehead atoms. The second-order valence-corrected chi connectivity index (χ2v) is 11.6. The van der Waals surface area contributed by atoms with Gasteiger partial charge in [0.05, 0.1) is 21.9 Å². The van der Waals surface area contributed by atoms with Crippen molar-refractivity contribution in [3.8, 4) is 0 Å². The van der Waals surface area contributed by atoms with Gasteiger partial charge in [0, 0.05) is 39.7 Å². The standard InChI is InChI=1S/C33H21Cl2N3O5/c34-20-12-15-22(24(35)17-20)31(40)28-29(30(39)19-9-13-21(14-10-19)38(42)43)37-26-8-4-1-5-18(26)11-16-27(37)33(28)23-6-2-3-7-25(23)36-32(33)41/h1-17,27-29H,(H,36,41). The first kappa shape index (κ1) is 27.1. The Morgan fingerprint density at radius 2 is 1.63 bits per heavy atom. The molecule has 1 spiro atoms. The van der Waals surface area contributed by atoms with E-state index < -0.39 is 45.8 Å². The number of hydrogen-bond donors (Lipinski definition) is 1. The van der Waals surface area contributed by atoms with Crippen LogP contribution in [0.2, 0.25) is 10.0 Å². The fraction of sp³-hybridized carbons (Fsp3) is 0.121. The van der Waals surface area contributed by atoms with Crippen LogP contribution in [0, 0.1) is 16.0 Å². The van der Waals surface area contributed by atoms with Crippen LogP contribution >= 0.6 is 23.2 Å². The highest BCUT2D eigenvalue weighted by molar-refractivity contribution is 6.37. The van der Waals surface area contributed by atoms with Crippen LogP contribution in [0.25, 0.3) is 6.08 Å². The number of nitrogens with zero attached hydrogens (tertiary/aromatic N) is 2. The van der Waals surface area contributed by atoms with Crippen molar-refractivity contribution in [2.45, 2.75) is 17.5 Å². The normalized spacial score (nSPS) is 23.0. The van der Waals surface area contributed by atoms with Crippen LogP contribution in [0.4, 0.5) is 17.1 Å². The molecule has 4 aromatic carbocycles. The Hall–Kier alpha value is -4.79. The lowest BCUT2D eigenvalue weighted by molar-refractivity contribution is -0.384. The van der Waals surface area contributed by atoms with E-state index >= 15 is 0 Å². The van der Waals surface area contributed by atoms with E-state index in [0.29, 0.717) is 22.0 Å². The molecule has 1 fully saturated rings. The minimum Gasteiger partial charge on any atom is -0.352 e. The Morgan fingerprint density at radius 3 is 2.37 bits per heavy atom. The molecule has 43 heavy (non-hydrogen) atoms. The number of carbonyl (C=O) groups is 3. The number of amides is 1. The Labute approximate surface area is 255 Å². The number of hydrogen-bond acceptors (Lipinski definition) is 6. The number of para-hydroxylation sites is 2. The van der Waals surface area contributed by atoms with Gasteiger partial charge < -0.3 is 10.2 Å². The van der Waals surface area contributed by atoms with Crippen molar-refractivity contribution in [2.24, 2.45) is 5.92 Å². The summed E-state index contributed by atoms with van der Waals surface area (Å²) in [5.74, 6) is -2.59. The molecule has 0 aromatic heterocycles. The first-order chi connectivity index (χ1) is 20.7. The smallest absolute Gasteiger partial charge is 0.269 e. The largest absolute Gasteiger partial charge is 0.352 e. The molecule has 8 nitrogen and oxygen atoms in total. The molecule has 4 aromatic rings. The van der Waals surface area contributed by atoms with E-state index in [1.165, 1.54) is 36.4 Å². The summed E-state index contributed by atoms with van der Waals surface area (Å²) >= 11 is 12.7. The first-order valence-corrected chi connectivity index (χ1v) is 14.2. The summed E-state index contributed by atoms with van der Waals surface area (Å²) in [5, 5.41) is 14.7. The quantitative estimate of drug-likeness (QED) is 0.152. The number of anilines is 2. The van der Waals surface area contributed by atoms with Gasteiger partial charge in [0.15, 0.2) is 11.6 Å². The molecule has 4 atom stereocenters. The zero-order chi connectivity index (χ0) is 30.0. The minimum atomic E-state index is -1.51. The maximum Gasteiger partial charge on any atom is 0.269 e. The van der Waals surface area contributed by atoms with E-state index in [1.807, 2.05) is 47.4 Å². The van der Waals surface area contributed by atoms with Crippen LogP contribution in [-0.2, 0) is 10.2 Å². The molecule has 3 aliphatic heterocycles. The highest BCUT2D eigenvalue weighted by Crippen LogP contribution is 2.58. The number of nitro groups is 1. The van der Waals surface area contributed by atoms with Crippen molar-refractivity contribution in [3.63, 3.8) is 0 Å². The molecule has 0 saturated carbocycles. The molecule has 3 aliphatic rings. The van der Waals surface area contributed by atoms with Gasteiger partial charge in [-0.1, -0.05) is 71.8 Å². The molecule has 212 valence electrons. The fourth-order valence-electron chi connectivity index (χ4n) is 6.89. The molecule has 7 rings (SSSR count). The monoisotopic (exact) mass is 609 g/mol. The van der Waals surface area contributed by atoms with Gasteiger partial charge in [0.1, 0.15) is 11.5 Å². The lowest BCUT2D eigenvalue weighted by Gasteiger charge is -2.37. The molecule has 0 aliphatic carbocycles. The minimum absolute atomic E-state index is 0.0988. The van der Waals surface area contributed by atoms with E-state index in [0.717, 1.165) is 5.56 Å². The SMILES string of the molecule is O=C(c1ccc([N+](=O)[O-])cc1)C1C(C(=O)c2ccc(Cl)cc2Cl)C2(C(=O)Nc3ccccc32)C2C=Cc3ccccc3N12. The average Bonchev–Trinajstić information content (AvgIpc) is 3.49. The van der Waals surface area contributed by atoms with Crippen molar-refractivity contribution < 1.29 is 19.3 Å². The summed E-state index contributed by atoms with van der Waals surface area (Å²) in [4.78, 5) is 56.5. The number of fused-ring (bicyclic) bond motifs is 6. The number of ketones is 2. The predicted molar refractivity (Wildman–Crippen MR) is 164 cm³/mol. The van der Waals surface area contributed by atoms with Gasteiger partial charge in [-0.3, -0.25) is 24.5 Å². The van der Waals surface area contributed by atoms with E-state index in [-0.39, 0.29) is 21.8 Å². The average molecular weight is 610 g/mol. The molecule has 10 heteroatoms. The van der Waals surface area contributed by atoms with Crippen LogP contribution in [-0.4, -0.2) is 34.5 Å². The van der Waals surface area contributed by atoms with Crippen molar-refractivity contribution in [1.82, 2.24) is 0 Å². The summed E-state index contributed by atoms with van der Waals surface area (Å²) in [6, 6.07) is 22.5. The van der Waals surface area contributed by atoms with E-state index in [1.54, 1.807) is 24.3 Å². The highest BCUT2D eigenvalue weighted by Gasteiger charge is 2.70. The molecule has 3 heterocycles. The van der Waals surface area contributed by atoms with Crippen molar-refractivity contribution in [1.29, 1.82) is 0 Å². The van der Waals surface area contributed by atoms with E-state index in [9.17, 15) is 24.5 Å². The third-order valence-corrected chi connectivity index (χ3v) is 9.20. The molecule has 1 amide bonds. The number of rotatable bonds is 5. The second-order valence-electron chi connectivity index (χ2n) is 10.7. The maximum absolute atomic E-state index is 14.8. The number of non-ortho nitro benzene ring substituents is 1. The zero-order valence-electron chi connectivity index (χ0n) is 22.2. The fourth-order valence-corrected chi connectivity index (χ4v) is 7.40. The number of benzene rings is 4. The van der Waals surface area contributed by atoms with Crippen LogP contribution in [0.5, 0.6) is 0 Å². The summed E-state index contributed by atoms with van der Waals surface area (Å²) in [6.45, 7) is 0. The summed E-state index contributed by atoms with van der Waals surface area (Å²) in [7, 11) is 0. The Balaban J connectivity index is 1.52. The van der Waals surface area contributed by atoms with Crippen LogP contribution in [0.1, 0.15) is 31.8 Å². The molecule has 1 N–H and O–H groups in total. The van der Waals surface area contributed by atoms with E-state index in [2.05, 4.69) is 5.32 Å². The third kappa shape index (κ3) is 3.87. The van der Waals surface area contributed by atoms with Gasteiger partial charge in [0.25, 0.3) is 5.69 Å². The van der Waals surface area contributed by atoms with Crippen LogP contribution in [0.3, 0.4) is 0 Å². The van der Waals surface area contributed by atoms with Crippen molar-refractivity contribution in [2.75, 3.05) is 10.2 Å². The predicted octanol–water partition coefficient (Wildman–Crippen LogP) is 6.76.